The topological polar surface area (TPSA) is 76.5 Å². The molecule has 0 atom stereocenters. The Labute approximate surface area is 188 Å². The molecule has 1 aromatic carbocycles. The van der Waals surface area contributed by atoms with Crippen molar-refractivity contribution in [2.45, 2.75) is 32.4 Å². The molecule has 0 radical (unpaired) electrons. The summed E-state index contributed by atoms with van der Waals surface area (Å²) >= 11 is 15.1. The van der Waals surface area contributed by atoms with E-state index in [4.69, 9.17) is 27.9 Å². The summed E-state index contributed by atoms with van der Waals surface area (Å²) in [6.07, 6.45) is -5.12. The average molecular weight is 529 g/mol. The van der Waals surface area contributed by atoms with Gasteiger partial charge >= 0.3 is 12.1 Å². The normalized spacial score (nSPS) is 11.4. The van der Waals surface area contributed by atoms with Crippen molar-refractivity contribution in [2.24, 2.45) is 0 Å². The number of hydrogen-bond acceptors (Lipinski definition) is 5. The van der Waals surface area contributed by atoms with Gasteiger partial charge in [-0.2, -0.15) is 13.2 Å². The van der Waals surface area contributed by atoms with E-state index in [0.717, 1.165) is 12.1 Å². The highest BCUT2D eigenvalue weighted by atomic mass is 79.9. The third-order valence-electron chi connectivity index (χ3n) is 3.95. The van der Waals surface area contributed by atoms with Crippen molar-refractivity contribution in [2.75, 3.05) is 6.61 Å². The first-order valence-electron chi connectivity index (χ1n) is 8.56. The lowest BCUT2D eigenvalue weighted by atomic mass is 10.0. The maximum atomic E-state index is 12.9. The van der Waals surface area contributed by atoms with E-state index in [1.165, 1.54) is 6.07 Å². The van der Waals surface area contributed by atoms with Crippen LogP contribution in [-0.2, 0) is 22.1 Å². The maximum Gasteiger partial charge on any atom is 0.416 e. The Morgan fingerprint density at radius 3 is 2.30 bits per heavy atom. The summed E-state index contributed by atoms with van der Waals surface area (Å²) < 4.78 is 43.6. The van der Waals surface area contributed by atoms with Crippen LogP contribution in [0, 0.1) is 0 Å². The van der Waals surface area contributed by atoms with Crippen molar-refractivity contribution >= 4 is 50.9 Å². The average Bonchev–Trinajstić information content (AvgIpc) is 2.64. The standard InChI is InChI=1S/C19H15BrCl2F3NO4/c1-2-30-16(28)4-3-15(27)17-18(29)12(20)8-10(26-17)7-11-13(21)5-9(6-14(11)22)19(23,24)25/h5-6,8,29H,2-4,7H2,1H3. The first-order chi connectivity index (χ1) is 13.9. The van der Waals surface area contributed by atoms with Crippen LogP contribution in [0.15, 0.2) is 22.7 Å². The molecule has 0 aliphatic carbocycles. The molecule has 0 saturated carbocycles. The number of esters is 1. The summed E-state index contributed by atoms with van der Waals surface area (Å²) in [5.41, 5.74) is -0.872. The Morgan fingerprint density at radius 1 is 1.17 bits per heavy atom. The Morgan fingerprint density at radius 2 is 1.77 bits per heavy atom. The van der Waals surface area contributed by atoms with E-state index in [9.17, 15) is 27.9 Å². The third-order valence-corrected chi connectivity index (χ3v) is 5.23. The van der Waals surface area contributed by atoms with Crippen molar-refractivity contribution in [1.29, 1.82) is 0 Å². The number of rotatable bonds is 7. The summed E-state index contributed by atoms with van der Waals surface area (Å²) in [5.74, 6) is -1.59. The van der Waals surface area contributed by atoms with Crippen LogP contribution in [0.4, 0.5) is 13.2 Å². The predicted molar refractivity (Wildman–Crippen MR) is 108 cm³/mol. The van der Waals surface area contributed by atoms with Crippen LogP contribution >= 0.6 is 39.1 Å². The van der Waals surface area contributed by atoms with Crippen LogP contribution in [0.2, 0.25) is 10.0 Å². The Hall–Kier alpha value is -1.84. The number of pyridine rings is 1. The van der Waals surface area contributed by atoms with Crippen molar-refractivity contribution in [3.8, 4) is 5.75 Å². The fourth-order valence-corrected chi connectivity index (χ4v) is 3.60. The number of aromatic nitrogens is 1. The molecule has 0 amide bonds. The van der Waals surface area contributed by atoms with Gasteiger partial charge in [0.05, 0.1) is 23.1 Å². The zero-order valence-electron chi connectivity index (χ0n) is 15.4. The molecule has 0 unspecified atom stereocenters. The summed E-state index contributed by atoms with van der Waals surface area (Å²) in [7, 11) is 0. The van der Waals surface area contributed by atoms with Gasteiger partial charge in [-0.05, 0) is 46.6 Å². The van der Waals surface area contributed by atoms with E-state index in [2.05, 4.69) is 20.9 Å². The molecule has 2 aromatic rings. The minimum absolute atomic E-state index is 0.0904. The highest BCUT2D eigenvalue weighted by Gasteiger charge is 2.32. The lowest BCUT2D eigenvalue weighted by molar-refractivity contribution is -0.143. The summed E-state index contributed by atoms with van der Waals surface area (Å²) in [6, 6.07) is 2.90. The first-order valence-corrected chi connectivity index (χ1v) is 10.1. The molecular formula is C19H15BrCl2F3NO4. The van der Waals surface area contributed by atoms with Gasteiger partial charge in [-0.3, -0.25) is 9.59 Å². The number of hydrogen-bond donors (Lipinski definition) is 1. The predicted octanol–water partition coefficient (Wildman–Crippen LogP) is 5.99. The number of carbonyl (C=O) groups excluding carboxylic acids is 2. The van der Waals surface area contributed by atoms with E-state index < -0.39 is 29.2 Å². The Kier molecular flexibility index (Phi) is 8.13. The molecule has 162 valence electrons. The molecule has 5 nitrogen and oxygen atoms in total. The fourth-order valence-electron chi connectivity index (χ4n) is 2.53. The van der Waals surface area contributed by atoms with Crippen molar-refractivity contribution in [1.82, 2.24) is 4.98 Å². The van der Waals surface area contributed by atoms with Gasteiger partial charge in [-0.25, -0.2) is 4.98 Å². The van der Waals surface area contributed by atoms with Gasteiger partial charge in [-0.1, -0.05) is 23.2 Å². The maximum absolute atomic E-state index is 12.9. The smallest absolute Gasteiger partial charge is 0.416 e. The van der Waals surface area contributed by atoms with Crippen LogP contribution in [0.1, 0.15) is 47.1 Å². The van der Waals surface area contributed by atoms with Gasteiger partial charge in [-0.15, -0.1) is 0 Å². The number of Topliss-reactive ketones (excluding diaryl/α,β-unsaturated/α-hetero) is 1. The van der Waals surface area contributed by atoms with Crippen molar-refractivity contribution in [3.63, 3.8) is 0 Å². The minimum atomic E-state index is -4.61. The van der Waals surface area contributed by atoms with Crippen molar-refractivity contribution < 1.29 is 32.6 Å². The first kappa shape index (κ1) is 24.4. The summed E-state index contributed by atoms with van der Waals surface area (Å²) in [5, 5.41) is 9.71. The summed E-state index contributed by atoms with van der Waals surface area (Å²) in [4.78, 5) is 27.9. The monoisotopic (exact) mass is 527 g/mol. The lowest BCUT2D eigenvalue weighted by Crippen LogP contribution is -2.11. The van der Waals surface area contributed by atoms with Gasteiger partial charge < -0.3 is 9.84 Å². The zero-order chi connectivity index (χ0) is 22.6. The van der Waals surface area contributed by atoms with Crippen LogP contribution in [0.25, 0.3) is 0 Å². The molecule has 1 heterocycles. The number of aromatic hydroxyl groups is 1. The van der Waals surface area contributed by atoms with E-state index >= 15 is 0 Å². The largest absolute Gasteiger partial charge is 0.504 e. The van der Waals surface area contributed by atoms with Gasteiger partial charge in [0.15, 0.2) is 11.5 Å². The molecule has 0 fully saturated rings. The number of halogens is 6. The second-order valence-electron chi connectivity index (χ2n) is 6.11. The lowest BCUT2D eigenvalue weighted by Gasteiger charge is -2.13. The van der Waals surface area contributed by atoms with Crippen LogP contribution in [-0.4, -0.2) is 28.4 Å². The highest BCUT2D eigenvalue weighted by molar-refractivity contribution is 9.10. The van der Waals surface area contributed by atoms with Crippen LogP contribution in [0.3, 0.4) is 0 Å². The number of ketones is 1. The van der Waals surface area contributed by atoms with Crippen LogP contribution in [0.5, 0.6) is 5.75 Å². The molecule has 11 heteroatoms. The number of nitrogens with zero attached hydrogens (tertiary/aromatic N) is 1. The number of carbonyl (C=O) groups is 2. The third kappa shape index (κ3) is 6.09. The number of benzene rings is 1. The van der Waals surface area contributed by atoms with Crippen LogP contribution < -0.4 is 0 Å². The van der Waals surface area contributed by atoms with Gasteiger partial charge in [0.25, 0.3) is 0 Å². The van der Waals surface area contributed by atoms with E-state index in [0.29, 0.717) is 0 Å². The van der Waals surface area contributed by atoms with E-state index in [1.807, 2.05) is 0 Å². The second kappa shape index (κ2) is 9.98. The molecule has 1 N–H and O–H groups in total. The minimum Gasteiger partial charge on any atom is -0.504 e. The molecule has 2 rings (SSSR count). The van der Waals surface area contributed by atoms with Crippen molar-refractivity contribution in [3.05, 3.63) is 55.2 Å². The molecular weight excluding hydrogens is 514 g/mol. The summed E-state index contributed by atoms with van der Waals surface area (Å²) in [6.45, 7) is 1.80. The SMILES string of the molecule is CCOC(=O)CCC(=O)c1nc(Cc2c(Cl)cc(C(F)(F)F)cc2Cl)cc(Br)c1O. The van der Waals surface area contributed by atoms with Gasteiger partial charge in [0, 0.05) is 28.6 Å². The molecule has 0 spiro atoms. The fraction of sp³-hybridized carbons (Fsp3) is 0.316. The Balaban J connectivity index is 2.32. The highest BCUT2D eigenvalue weighted by Crippen LogP contribution is 2.37. The van der Waals surface area contributed by atoms with E-state index in [1.54, 1.807) is 6.92 Å². The molecule has 30 heavy (non-hydrogen) atoms. The van der Waals surface area contributed by atoms with Gasteiger partial charge in [0.2, 0.25) is 0 Å². The zero-order valence-corrected chi connectivity index (χ0v) is 18.5. The second-order valence-corrected chi connectivity index (χ2v) is 7.78. The molecule has 1 aromatic heterocycles. The Bertz CT molecular complexity index is 960. The molecule has 0 bridgehead atoms. The quantitative estimate of drug-likeness (QED) is 0.352. The number of alkyl halides is 3. The van der Waals surface area contributed by atoms with E-state index in [-0.39, 0.29) is 57.3 Å². The molecule has 0 aliphatic heterocycles. The molecule has 0 aliphatic rings. The van der Waals surface area contributed by atoms with Gasteiger partial charge in [0.1, 0.15) is 5.69 Å². The number of ether oxygens (including phenoxy) is 1. The molecule has 0 saturated heterocycles.